The van der Waals surface area contributed by atoms with E-state index in [4.69, 9.17) is 5.11 Å². The number of carboxylic acid groups (broad SMARTS) is 1. The summed E-state index contributed by atoms with van der Waals surface area (Å²) < 4.78 is 36.9. The minimum atomic E-state index is -4.46. The first kappa shape index (κ1) is 13.2. The number of hydrogen-bond acceptors (Lipinski definition) is 4. The number of aliphatic carboxylic acids is 1. The van der Waals surface area contributed by atoms with E-state index in [2.05, 4.69) is 20.9 Å². The smallest absolute Gasteiger partial charge is 0.406 e. The maximum atomic E-state index is 12.2. The molecule has 0 fully saturated rings. The third-order valence-electron chi connectivity index (χ3n) is 1.43. The summed E-state index contributed by atoms with van der Waals surface area (Å²) >= 11 is 3.94. The Labute approximate surface area is 101 Å². The molecule has 1 N–H and O–H groups in total. The van der Waals surface area contributed by atoms with E-state index in [1.807, 2.05) is 0 Å². The second-order valence-corrected chi connectivity index (χ2v) is 4.47. The highest BCUT2D eigenvalue weighted by atomic mass is 79.9. The van der Waals surface area contributed by atoms with Gasteiger partial charge in [0.1, 0.15) is 17.7 Å². The molecule has 1 aromatic rings. The zero-order valence-corrected chi connectivity index (χ0v) is 10.1. The number of anilines is 1. The molecule has 9 heteroatoms. The average Bonchev–Trinajstić information content (AvgIpc) is 2.47. The summed E-state index contributed by atoms with van der Waals surface area (Å²) in [6, 6.07) is 0. The lowest BCUT2D eigenvalue weighted by atomic mass is 10.5. The number of nitrogens with zero attached hydrogens (tertiary/aromatic N) is 2. The molecule has 0 aliphatic heterocycles. The van der Waals surface area contributed by atoms with Crippen molar-refractivity contribution in [3.8, 4) is 0 Å². The Balaban J connectivity index is 2.83. The molecular weight excluding hydrogens is 313 g/mol. The van der Waals surface area contributed by atoms with E-state index in [1.165, 1.54) is 5.38 Å². The van der Waals surface area contributed by atoms with Crippen LogP contribution in [0, 0.1) is 0 Å². The van der Waals surface area contributed by atoms with Gasteiger partial charge < -0.3 is 10.0 Å². The van der Waals surface area contributed by atoms with E-state index in [9.17, 15) is 18.0 Å². The summed E-state index contributed by atoms with van der Waals surface area (Å²) in [6.07, 6.45) is -4.46. The zero-order valence-electron chi connectivity index (χ0n) is 7.66. The fourth-order valence-electron chi connectivity index (χ4n) is 0.962. The molecule has 1 rings (SSSR count). The number of alkyl halides is 3. The van der Waals surface area contributed by atoms with Gasteiger partial charge in [0.2, 0.25) is 0 Å². The molecule has 90 valence electrons. The molecule has 0 saturated heterocycles. The van der Waals surface area contributed by atoms with Gasteiger partial charge in [0.25, 0.3) is 0 Å². The fourth-order valence-corrected chi connectivity index (χ4v) is 2.21. The lowest BCUT2D eigenvalue weighted by Gasteiger charge is -2.20. The van der Waals surface area contributed by atoms with Gasteiger partial charge in [0.15, 0.2) is 5.13 Å². The van der Waals surface area contributed by atoms with Crippen molar-refractivity contribution in [2.24, 2.45) is 0 Å². The van der Waals surface area contributed by atoms with E-state index in [0.29, 0.717) is 9.50 Å². The first-order valence-corrected chi connectivity index (χ1v) is 5.60. The predicted molar refractivity (Wildman–Crippen MR) is 55.7 cm³/mol. The normalized spacial score (nSPS) is 11.5. The summed E-state index contributed by atoms with van der Waals surface area (Å²) in [7, 11) is 0. The van der Waals surface area contributed by atoms with Crippen molar-refractivity contribution < 1.29 is 23.1 Å². The molecule has 0 radical (unpaired) electrons. The number of carboxylic acids is 1. The predicted octanol–water partition coefficient (Wildman–Crippen LogP) is 2.36. The van der Waals surface area contributed by atoms with Crippen LogP contribution in [-0.4, -0.2) is 35.3 Å². The van der Waals surface area contributed by atoms with Crippen LogP contribution in [0.2, 0.25) is 0 Å². The van der Waals surface area contributed by atoms with Gasteiger partial charge in [-0.2, -0.15) is 13.2 Å². The Morgan fingerprint density at radius 1 is 1.62 bits per heavy atom. The molecule has 4 nitrogen and oxygen atoms in total. The summed E-state index contributed by atoms with van der Waals surface area (Å²) in [6.45, 7) is -2.07. The van der Waals surface area contributed by atoms with E-state index < -0.39 is 25.2 Å². The Bertz CT molecular complexity index is 382. The Kier molecular flexibility index (Phi) is 4.14. The minimum Gasteiger partial charge on any atom is -0.480 e. The molecule has 0 bridgehead atoms. The van der Waals surface area contributed by atoms with Gasteiger partial charge in [-0.05, 0) is 15.9 Å². The van der Waals surface area contributed by atoms with Gasteiger partial charge in [0.05, 0.1) is 0 Å². The first-order valence-electron chi connectivity index (χ1n) is 3.92. The highest BCUT2D eigenvalue weighted by Gasteiger charge is 2.32. The number of halogens is 4. The van der Waals surface area contributed by atoms with Crippen LogP contribution in [-0.2, 0) is 4.79 Å². The largest absolute Gasteiger partial charge is 0.480 e. The van der Waals surface area contributed by atoms with Crippen molar-refractivity contribution in [3.63, 3.8) is 0 Å². The van der Waals surface area contributed by atoms with Crippen molar-refractivity contribution in [3.05, 3.63) is 9.98 Å². The van der Waals surface area contributed by atoms with E-state index in [1.54, 1.807) is 0 Å². The lowest BCUT2D eigenvalue weighted by Crippen LogP contribution is -2.37. The van der Waals surface area contributed by atoms with Crippen LogP contribution in [0.5, 0.6) is 0 Å². The summed E-state index contributed by atoms with van der Waals surface area (Å²) in [5.41, 5.74) is 0. The van der Waals surface area contributed by atoms with Gasteiger partial charge >= 0.3 is 12.1 Å². The van der Waals surface area contributed by atoms with Crippen LogP contribution in [0.4, 0.5) is 18.3 Å². The minimum absolute atomic E-state index is 0.0200. The number of aromatic nitrogens is 1. The Hall–Kier alpha value is -0.830. The zero-order chi connectivity index (χ0) is 12.3. The number of carbonyl (C=O) groups is 1. The molecule has 0 atom stereocenters. The summed E-state index contributed by atoms with van der Waals surface area (Å²) in [5, 5.41) is 10.0. The maximum Gasteiger partial charge on any atom is 0.406 e. The van der Waals surface area contributed by atoms with Crippen molar-refractivity contribution in [2.45, 2.75) is 6.18 Å². The topological polar surface area (TPSA) is 53.4 Å². The Morgan fingerprint density at radius 2 is 2.25 bits per heavy atom. The molecule has 1 aromatic heterocycles. The van der Waals surface area contributed by atoms with Gasteiger partial charge in [-0.25, -0.2) is 4.98 Å². The highest BCUT2D eigenvalue weighted by Crippen LogP contribution is 2.26. The van der Waals surface area contributed by atoms with Crippen LogP contribution in [0.1, 0.15) is 0 Å². The second kappa shape index (κ2) is 5.00. The van der Waals surface area contributed by atoms with Crippen LogP contribution >= 0.6 is 27.3 Å². The molecule has 0 aromatic carbocycles. The number of hydrogen-bond donors (Lipinski definition) is 1. The van der Waals surface area contributed by atoms with Crippen molar-refractivity contribution >= 4 is 38.4 Å². The lowest BCUT2D eigenvalue weighted by molar-refractivity contribution is -0.136. The van der Waals surface area contributed by atoms with Gasteiger partial charge in [0, 0.05) is 5.38 Å². The molecule has 0 aliphatic carbocycles. The van der Waals surface area contributed by atoms with Crippen molar-refractivity contribution in [1.82, 2.24) is 4.98 Å². The average molecular weight is 319 g/mol. The van der Waals surface area contributed by atoms with Crippen LogP contribution < -0.4 is 4.90 Å². The molecule has 1 heterocycles. The monoisotopic (exact) mass is 318 g/mol. The quantitative estimate of drug-likeness (QED) is 0.926. The van der Waals surface area contributed by atoms with E-state index >= 15 is 0 Å². The number of rotatable bonds is 4. The molecule has 0 aliphatic rings. The first-order chi connectivity index (χ1) is 7.28. The Morgan fingerprint density at radius 3 is 2.62 bits per heavy atom. The number of thiazole rings is 1. The molecular formula is C7H6BrF3N2O2S. The SMILES string of the molecule is O=C(O)CN(CC(F)(F)F)c1nc(Br)cs1. The standard InChI is InChI=1S/C7H6BrF3N2O2S/c8-4-2-16-6(12-4)13(1-5(14)15)3-7(9,10)11/h2H,1,3H2,(H,14,15). The maximum absolute atomic E-state index is 12.2. The fraction of sp³-hybridized carbons (Fsp3) is 0.429. The molecule has 0 amide bonds. The van der Waals surface area contributed by atoms with Crippen LogP contribution in [0.25, 0.3) is 0 Å². The van der Waals surface area contributed by atoms with Gasteiger partial charge in [-0.15, -0.1) is 11.3 Å². The molecule has 16 heavy (non-hydrogen) atoms. The molecule has 0 spiro atoms. The third kappa shape index (κ3) is 4.35. The van der Waals surface area contributed by atoms with Crippen LogP contribution in [0.3, 0.4) is 0 Å². The third-order valence-corrected chi connectivity index (χ3v) is 3.04. The van der Waals surface area contributed by atoms with Gasteiger partial charge in [-0.1, -0.05) is 0 Å². The van der Waals surface area contributed by atoms with Crippen LogP contribution in [0.15, 0.2) is 9.98 Å². The molecule has 0 unspecified atom stereocenters. The second-order valence-electron chi connectivity index (χ2n) is 2.82. The van der Waals surface area contributed by atoms with Crippen molar-refractivity contribution in [1.29, 1.82) is 0 Å². The van der Waals surface area contributed by atoms with E-state index in [-0.39, 0.29) is 5.13 Å². The summed E-state index contributed by atoms with van der Waals surface area (Å²) in [5.74, 6) is -1.34. The molecule has 0 saturated carbocycles. The van der Waals surface area contributed by atoms with E-state index in [0.717, 1.165) is 11.3 Å². The van der Waals surface area contributed by atoms with Gasteiger partial charge in [-0.3, -0.25) is 4.79 Å². The highest BCUT2D eigenvalue weighted by molar-refractivity contribution is 9.10. The summed E-state index contributed by atoms with van der Waals surface area (Å²) in [4.78, 5) is 14.8. The van der Waals surface area contributed by atoms with Crippen molar-refractivity contribution in [2.75, 3.05) is 18.0 Å².